The molecule has 0 rings (SSSR count). The lowest BCUT2D eigenvalue weighted by atomic mass is 10.00. The molecule has 6 nitrogen and oxygen atoms in total. The van der Waals surface area contributed by atoms with Gasteiger partial charge in [0, 0.05) is 6.42 Å². The minimum atomic E-state index is -1.19. The highest BCUT2D eigenvalue weighted by Gasteiger charge is 2.27. The Labute approximate surface area is 107 Å². The van der Waals surface area contributed by atoms with Gasteiger partial charge in [0.1, 0.15) is 11.6 Å². The highest BCUT2D eigenvalue weighted by molar-refractivity contribution is 5.80. The molecule has 0 aromatic heterocycles. The molecule has 106 valence electrons. The fourth-order valence-electron chi connectivity index (χ4n) is 1.18. The lowest BCUT2D eigenvalue weighted by Gasteiger charge is -2.23. The van der Waals surface area contributed by atoms with Crippen LogP contribution in [0.15, 0.2) is 0 Å². The Bertz CT molecular complexity index is 295. The summed E-state index contributed by atoms with van der Waals surface area (Å²) in [5.41, 5.74) is -0.691. The number of hydrogen-bond donors (Lipinski definition) is 3. The molecule has 0 saturated heterocycles. The zero-order chi connectivity index (χ0) is 14.5. The van der Waals surface area contributed by atoms with Gasteiger partial charge >= 0.3 is 12.1 Å². The number of aliphatic hydroxyl groups excluding tert-OH is 1. The van der Waals surface area contributed by atoms with Crippen LogP contribution >= 0.6 is 0 Å². The van der Waals surface area contributed by atoms with Gasteiger partial charge in [-0.3, -0.25) is 0 Å². The molecule has 0 saturated carbocycles. The predicted octanol–water partition coefficient (Wildman–Crippen LogP) is 1.37. The van der Waals surface area contributed by atoms with Crippen LogP contribution < -0.4 is 5.32 Å². The van der Waals surface area contributed by atoms with Crippen molar-refractivity contribution in [2.24, 2.45) is 5.92 Å². The van der Waals surface area contributed by atoms with Crippen LogP contribution in [0.4, 0.5) is 4.79 Å². The average molecular weight is 261 g/mol. The van der Waals surface area contributed by atoms with E-state index in [0.717, 1.165) is 0 Å². The van der Waals surface area contributed by atoms with Gasteiger partial charge in [0.15, 0.2) is 0 Å². The van der Waals surface area contributed by atoms with Gasteiger partial charge in [-0.1, -0.05) is 13.8 Å². The van der Waals surface area contributed by atoms with Crippen LogP contribution in [0.1, 0.15) is 41.0 Å². The van der Waals surface area contributed by atoms with Gasteiger partial charge in [0.2, 0.25) is 0 Å². The van der Waals surface area contributed by atoms with E-state index in [1.165, 1.54) is 0 Å². The van der Waals surface area contributed by atoms with Crippen molar-refractivity contribution < 1.29 is 24.5 Å². The van der Waals surface area contributed by atoms with E-state index in [1.807, 2.05) is 0 Å². The molecule has 0 fully saturated rings. The first-order valence-corrected chi connectivity index (χ1v) is 5.93. The summed E-state index contributed by atoms with van der Waals surface area (Å²) in [6, 6.07) is -1.16. The number of ether oxygens (including phenoxy) is 1. The molecule has 2 unspecified atom stereocenters. The van der Waals surface area contributed by atoms with E-state index in [1.54, 1.807) is 34.6 Å². The minimum absolute atomic E-state index is 0.0494. The first-order valence-electron chi connectivity index (χ1n) is 5.93. The van der Waals surface area contributed by atoms with E-state index in [0.29, 0.717) is 0 Å². The maximum absolute atomic E-state index is 11.4. The van der Waals surface area contributed by atoms with E-state index in [-0.39, 0.29) is 12.3 Å². The quantitative estimate of drug-likeness (QED) is 0.694. The van der Waals surface area contributed by atoms with Crippen molar-refractivity contribution in [2.45, 2.75) is 58.8 Å². The van der Waals surface area contributed by atoms with Crippen LogP contribution in [0, 0.1) is 5.92 Å². The first-order chi connectivity index (χ1) is 8.03. The second kappa shape index (κ2) is 6.58. The van der Waals surface area contributed by atoms with Gasteiger partial charge in [-0.25, -0.2) is 9.59 Å². The highest BCUT2D eigenvalue weighted by atomic mass is 16.6. The molecule has 0 aliphatic rings. The fourth-order valence-corrected chi connectivity index (χ4v) is 1.18. The van der Waals surface area contributed by atoms with Gasteiger partial charge in [0.25, 0.3) is 0 Å². The number of carbonyl (C=O) groups is 2. The molecule has 0 heterocycles. The second-order valence-corrected chi connectivity index (χ2v) is 5.58. The van der Waals surface area contributed by atoms with Gasteiger partial charge < -0.3 is 20.3 Å². The summed E-state index contributed by atoms with van der Waals surface area (Å²) in [5.74, 6) is -1.27. The molecule has 0 radical (unpaired) electrons. The standard InChI is InChI=1S/C12H23NO5/c1-7(2)9(14)6-8(10(15)16)13-11(17)18-12(3,4)5/h7-9,14H,6H2,1-5H3,(H,13,17)(H,15,16). The number of carbonyl (C=O) groups excluding carboxylic acids is 1. The number of aliphatic carboxylic acids is 1. The smallest absolute Gasteiger partial charge is 0.408 e. The maximum atomic E-state index is 11.4. The summed E-state index contributed by atoms with van der Waals surface area (Å²) >= 11 is 0. The van der Waals surface area contributed by atoms with Crippen LogP contribution in [0.2, 0.25) is 0 Å². The number of aliphatic hydroxyl groups is 1. The van der Waals surface area contributed by atoms with Crippen molar-refractivity contribution in [3.05, 3.63) is 0 Å². The van der Waals surface area contributed by atoms with Crippen molar-refractivity contribution >= 4 is 12.1 Å². The molecule has 0 bridgehead atoms. The Kier molecular flexibility index (Phi) is 6.11. The molecule has 1 amide bonds. The van der Waals surface area contributed by atoms with Crippen LogP contribution in [0.3, 0.4) is 0 Å². The SMILES string of the molecule is CC(C)C(O)CC(NC(=O)OC(C)(C)C)C(=O)O. The lowest BCUT2D eigenvalue weighted by molar-refractivity contribution is -0.140. The maximum Gasteiger partial charge on any atom is 0.408 e. The number of alkyl carbamates (subject to hydrolysis) is 1. The fraction of sp³-hybridized carbons (Fsp3) is 0.833. The number of carboxylic acid groups (broad SMARTS) is 1. The van der Waals surface area contributed by atoms with Crippen molar-refractivity contribution in [2.75, 3.05) is 0 Å². The number of carboxylic acids is 1. The average Bonchev–Trinajstić information content (AvgIpc) is 2.12. The number of rotatable bonds is 5. The molecule has 0 aromatic rings. The van der Waals surface area contributed by atoms with Crippen molar-refractivity contribution in [1.29, 1.82) is 0 Å². The monoisotopic (exact) mass is 261 g/mol. The Balaban J connectivity index is 4.46. The molecule has 3 N–H and O–H groups in total. The van der Waals surface area contributed by atoms with Gasteiger partial charge in [-0.15, -0.1) is 0 Å². The van der Waals surface area contributed by atoms with E-state index in [9.17, 15) is 14.7 Å². The largest absolute Gasteiger partial charge is 0.480 e. The summed E-state index contributed by atoms with van der Waals surface area (Å²) in [4.78, 5) is 22.4. The molecule has 0 spiro atoms. The number of amides is 1. The molecule has 0 aliphatic heterocycles. The topological polar surface area (TPSA) is 95.9 Å². The van der Waals surface area contributed by atoms with Crippen LogP contribution in [0.5, 0.6) is 0 Å². The summed E-state index contributed by atoms with van der Waals surface area (Å²) in [6.07, 6.45) is -1.64. The zero-order valence-corrected chi connectivity index (χ0v) is 11.6. The summed E-state index contributed by atoms with van der Waals surface area (Å²) in [6.45, 7) is 8.61. The van der Waals surface area contributed by atoms with E-state index in [4.69, 9.17) is 9.84 Å². The molecule has 2 atom stereocenters. The zero-order valence-electron chi connectivity index (χ0n) is 11.6. The molecular weight excluding hydrogens is 238 g/mol. The highest BCUT2D eigenvalue weighted by Crippen LogP contribution is 2.11. The summed E-state index contributed by atoms with van der Waals surface area (Å²) in [7, 11) is 0. The number of hydrogen-bond acceptors (Lipinski definition) is 4. The van der Waals surface area contributed by atoms with E-state index >= 15 is 0 Å². The van der Waals surface area contributed by atoms with Crippen molar-refractivity contribution in [1.82, 2.24) is 5.32 Å². The third-order valence-corrected chi connectivity index (χ3v) is 2.24. The minimum Gasteiger partial charge on any atom is -0.480 e. The van der Waals surface area contributed by atoms with E-state index < -0.39 is 29.8 Å². The van der Waals surface area contributed by atoms with Gasteiger partial charge in [0.05, 0.1) is 6.10 Å². The first kappa shape index (κ1) is 16.7. The third kappa shape index (κ3) is 7.11. The number of nitrogens with one attached hydrogen (secondary N) is 1. The normalized spacial score (nSPS) is 15.1. The Morgan fingerprint density at radius 2 is 1.78 bits per heavy atom. The van der Waals surface area contributed by atoms with E-state index in [2.05, 4.69) is 5.32 Å². The molecule has 0 aliphatic carbocycles. The molecular formula is C12H23NO5. The summed E-state index contributed by atoms with van der Waals surface area (Å²) in [5, 5.41) is 20.8. The lowest BCUT2D eigenvalue weighted by Crippen LogP contribution is -2.45. The molecule has 0 aromatic carbocycles. The van der Waals surface area contributed by atoms with Crippen molar-refractivity contribution in [3.63, 3.8) is 0 Å². The predicted molar refractivity (Wildman–Crippen MR) is 66.3 cm³/mol. The second-order valence-electron chi connectivity index (χ2n) is 5.58. The molecule has 18 heavy (non-hydrogen) atoms. The Hall–Kier alpha value is -1.30. The van der Waals surface area contributed by atoms with Gasteiger partial charge in [-0.05, 0) is 26.7 Å². The summed E-state index contributed by atoms with van der Waals surface area (Å²) < 4.78 is 4.97. The van der Waals surface area contributed by atoms with Crippen LogP contribution in [-0.2, 0) is 9.53 Å². The Morgan fingerprint density at radius 1 is 1.28 bits per heavy atom. The Morgan fingerprint density at radius 3 is 2.11 bits per heavy atom. The molecule has 6 heteroatoms. The van der Waals surface area contributed by atoms with Crippen LogP contribution in [-0.4, -0.2) is 40.0 Å². The van der Waals surface area contributed by atoms with Crippen molar-refractivity contribution in [3.8, 4) is 0 Å². The third-order valence-electron chi connectivity index (χ3n) is 2.24. The van der Waals surface area contributed by atoms with Crippen LogP contribution in [0.25, 0.3) is 0 Å². The van der Waals surface area contributed by atoms with Gasteiger partial charge in [-0.2, -0.15) is 0 Å².